The monoisotopic (exact) mass is 458 g/mol. The molecule has 0 aliphatic rings. The van der Waals surface area contributed by atoms with E-state index >= 15 is 0 Å². The van der Waals surface area contributed by atoms with Crippen LogP contribution >= 0.6 is 11.6 Å². The van der Waals surface area contributed by atoms with Gasteiger partial charge in [-0.25, -0.2) is 8.42 Å². The van der Waals surface area contributed by atoms with Gasteiger partial charge in [-0.15, -0.1) is 0 Å². The summed E-state index contributed by atoms with van der Waals surface area (Å²) in [5.41, 5.74) is 1.65. The lowest BCUT2D eigenvalue weighted by atomic mass is 10.1. The number of benzene rings is 3. The van der Waals surface area contributed by atoms with Gasteiger partial charge in [0.15, 0.2) is 0 Å². The van der Waals surface area contributed by atoms with Crippen molar-refractivity contribution in [2.45, 2.75) is 11.4 Å². The molecule has 0 fully saturated rings. The van der Waals surface area contributed by atoms with Crippen LogP contribution in [0.5, 0.6) is 5.75 Å². The number of methoxy groups -OCH3 is 1. The van der Waals surface area contributed by atoms with Gasteiger partial charge >= 0.3 is 0 Å². The van der Waals surface area contributed by atoms with Gasteiger partial charge in [-0.3, -0.25) is 9.10 Å². The Bertz CT molecular complexity index is 1180. The van der Waals surface area contributed by atoms with E-state index in [9.17, 15) is 13.2 Å². The largest absolute Gasteiger partial charge is 0.497 e. The fourth-order valence-electron chi connectivity index (χ4n) is 3.08. The Labute approximate surface area is 187 Å². The number of anilines is 1. The lowest BCUT2D eigenvalue weighted by Crippen LogP contribution is -2.28. The fraction of sp³-hybridized carbons (Fsp3) is 0.174. The van der Waals surface area contributed by atoms with Crippen LogP contribution in [0.2, 0.25) is 5.02 Å². The van der Waals surface area contributed by atoms with Crippen molar-refractivity contribution in [2.75, 3.05) is 25.5 Å². The molecule has 8 heteroatoms. The Morgan fingerprint density at radius 3 is 2.29 bits per heavy atom. The van der Waals surface area contributed by atoms with Crippen molar-refractivity contribution in [3.63, 3.8) is 0 Å². The molecule has 0 bridgehead atoms. The molecule has 0 N–H and O–H groups in total. The van der Waals surface area contributed by atoms with Gasteiger partial charge in [0.05, 0.1) is 17.7 Å². The normalized spacial score (nSPS) is 11.1. The highest BCUT2D eigenvalue weighted by atomic mass is 35.5. The summed E-state index contributed by atoms with van der Waals surface area (Å²) in [6, 6.07) is 20.0. The molecule has 0 saturated heterocycles. The molecule has 3 aromatic rings. The van der Waals surface area contributed by atoms with Crippen molar-refractivity contribution in [1.29, 1.82) is 0 Å². The molecule has 0 heterocycles. The van der Waals surface area contributed by atoms with E-state index in [4.69, 9.17) is 16.3 Å². The van der Waals surface area contributed by atoms with Crippen molar-refractivity contribution in [2.24, 2.45) is 0 Å². The second-order valence-corrected chi connectivity index (χ2v) is 9.40. The number of amides is 1. The molecule has 162 valence electrons. The quantitative estimate of drug-likeness (QED) is 0.524. The smallest absolute Gasteiger partial charge is 0.264 e. The van der Waals surface area contributed by atoms with Crippen molar-refractivity contribution >= 4 is 33.2 Å². The van der Waals surface area contributed by atoms with Crippen LogP contribution in [-0.4, -0.2) is 40.4 Å². The van der Waals surface area contributed by atoms with Crippen LogP contribution in [0.1, 0.15) is 15.9 Å². The van der Waals surface area contributed by atoms with Gasteiger partial charge < -0.3 is 9.64 Å². The summed E-state index contributed by atoms with van der Waals surface area (Å²) in [6.45, 7) is 0.349. The van der Waals surface area contributed by atoms with E-state index in [0.717, 1.165) is 5.56 Å². The van der Waals surface area contributed by atoms with Crippen LogP contribution in [0.3, 0.4) is 0 Å². The van der Waals surface area contributed by atoms with E-state index < -0.39 is 10.0 Å². The molecular formula is C23H23ClN2O4S. The molecule has 0 radical (unpaired) electrons. The molecular weight excluding hydrogens is 436 g/mol. The first-order valence-electron chi connectivity index (χ1n) is 9.45. The zero-order valence-electron chi connectivity index (χ0n) is 17.4. The minimum absolute atomic E-state index is 0.0350. The van der Waals surface area contributed by atoms with Crippen LogP contribution < -0.4 is 9.04 Å². The number of carbonyl (C=O) groups is 1. The highest BCUT2D eigenvalue weighted by molar-refractivity contribution is 7.92. The van der Waals surface area contributed by atoms with E-state index in [1.165, 1.54) is 28.4 Å². The van der Waals surface area contributed by atoms with E-state index in [2.05, 4.69) is 0 Å². The molecule has 31 heavy (non-hydrogen) atoms. The Morgan fingerprint density at radius 2 is 1.65 bits per heavy atom. The molecule has 3 aromatic carbocycles. The fourth-order valence-corrected chi connectivity index (χ4v) is 4.53. The molecule has 0 saturated carbocycles. The second-order valence-electron chi connectivity index (χ2n) is 6.99. The van der Waals surface area contributed by atoms with Crippen LogP contribution in [-0.2, 0) is 16.6 Å². The SMILES string of the molecule is COc1ccc(N(C)S(=O)(=O)c2cccc(C(=O)N(C)Cc3cccc(Cl)c3)c2)cc1. The summed E-state index contributed by atoms with van der Waals surface area (Å²) in [5, 5.41) is 0.591. The van der Waals surface area contributed by atoms with Crippen molar-refractivity contribution in [3.05, 3.63) is 88.9 Å². The van der Waals surface area contributed by atoms with E-state index in [0.29, 0.717) is 23.0 Å². The zero-order chi connectivity index (χ0) is 22.6. The van der Waals surface area contributed by atoms with Gasteiger partial charge in [0, 0.05) is 31.2 Å². The van der Waals surface area contributed by atoms with Crippen LogP contribution in [0.15, 0.2) is 77.7 Å². The van der Waals surface area contributed by atoms with Gasteiger partial charge in [0.25, 0.3) is 15.9 Å². The third kappa shape index (κ3) is 5.18. The summed E-state index contributed by atoms with van der Waals surface area (Å²) in [7, 11) is 0.819. The highest BCUT2D eigenvalue weighted by Gasteiger charge is 2.23. The summed E-state index contributed by atoms with van der Waals surface area (Å²) < 4.78 is 32.5. The number of carbonyl (C=O) groups excluding carboxylic acids is 1. The van der Waals surface area contributed by atoms with Crippen LogP contribution in [0.25, 0.3) is 0 Å². The molecule has 3 rings (SSSR count). The average molecular weight is 459 g/mol. The Kier molecular flexibility index (Phi) is 6.87. The van der Waals surface area contributed by atoms with Gasteiger partial charge in [-0.05, 0) is 60.2 Å². The van der Waals surface area contributed by atoms with E-state index in [-0.39, 0.29) is 16.4 Å². The first-order valence-corrected chi connectivity index (χ1v) is 11.3. The number of ether oxygens (including phenoxy) is 1. The minimum Gasteiger partial charge on any atom is -0.497 e. The number of rotatable bonds is 7. The van der Waals surface area contributed by atoms with Gasteiger partial charge in [0.2, 0.25) is 0 Å². The minimum atomic E-state index is -3.85. The third-order valence-electron chi connectivity index (χ3n) is 4.83. The predicted molar refractivity (Wildman–Crippen MR) is 122 cm³/mol. The summed E-state index contributed by atoms with van der Waals surface area (Å²) >= 11 is 6.01. The summed E-state index contributed by atoms with van der Waals surface area (Å²) in [4.78, 5) is 14.4. The Balaban J connectivity index is 1.82. The molecule has 0 atom stereocenters. The van der Waals surface area contributed by atoms with Gasteiger partial charge in [-0.2, -0.15) is 0 Å². The lowest BCUT2D eigenvalue weighted by Gasteiger charge is -2.21. The number of nitrogens with zero attached hydrogens (tertiary/aromatic N) is 2. The number of halogens is 1. The molecule has 6 nitrogen and oxygen atoms in total. The van der Waals surface area contributed by atoms with Crippen LogP contribution in [0.4, 0.5) is 5.69 Å². The molecule has 0 unspecified atom stereocenters. The highest BCUT2D eigenvalue weighted by Crippen LogP contribution is 2.25. The zero-order valence-corrected chi connectivity index (χ0v) is 19.0. The van der Waals surface area contributed by atoms with Crippen molar-refractivity contribution < 1.29 is 17.9 Å². The van der Waals surface area contributed by atoms with Crippen molar-refractivity contribution in [1.82, 2.24) is 4.90 Å². The standard InChI is InChI=1S/C23H23ClN2O4S/c1-25(16-17-6-4-8-19(24)14-17)23(27)18-7-5-9-22(15-18)31(28,29)26(2)20-10-12-21(30-3)13-11-20/h4-15H,16H2,1-3H3. The molecule has 0 aliphatic heterocycles. The Morgan fingerprint density at radius 1 is 0.968 bits per heavy atom. The lowest BCUT2D eigenvalue weighted by molar-refractivity contribution is 0.0785. The molecule has 1 amide bonds. The summed E-state index contributed by atoms with van der Waals surface area (Å²) in [5.74, 6) is 0.342. The maximum absolute atomic E-state index is 13.1. The van der Waals surface area contributed by atoms with E-state index in [1.807, 2.05) is 12.1 Å². The summed E-state index contributed by atoms with van der Waals surface area (Å²) in [6.07, 6.45) is 0. The topological polar surface area (TPSA) is 66.9 Å². The van der Waals surface area contributed by atoms with Gasteiger partial charge in [-0.1, -0.05) is 29.8 Å². The predicted octanol–water partition coefficient (Wildman–Crippen LogP) is 4.45. The first-order chi connectivity index (χ1) is 14.7. The maximum Gasteiger partial charge on any atom is 0.264 e. The Hall–Kier alpha value is -3.03. The molecule has 0 spiro atoms. The third-order valence-corrected chi connectivity index (χ3v) is 6.85. The van der Waals surface area contributed by atoms with Crippen LogP contribution in [0, 0.1) is 0 Å². The number of hydrogen-bond acceptors (Lipinski definition) is 4. The number of hydrogen-bond donors (Lipinski definition) is 0. The average Bonchev–Trinajstić information content (AvgIpc) is 2.78. The van der Waals surface area contributed by atoms with Gasteiger partial charge in [0.1, 0.15) is 5.75 Å². The molecule has 0 aromatic heterocycles. The second kappa shape index (κ2) is 9.41. The first kappa shape index (κ1) is 22.7. The molecule has 0 aliphatic carbocycles. The maximum atomic E-state index is 13.1. The number of sulfonamides is 1. The van der Waals surface area contributed by atoms with Crippen molar-refractivity contribution in [3.8, 4) is 5.75 Å². The van der Waals surface area contributed by atoms with E-state index in [1.54, 1.807) is 62.7 Å².